The molecule has 1 saturated carbocycles. The van der Waals surface area contributed by atoms with Crippen LogP contribution in [0, 0.1) is 5.92 Å². The van der Waals surface area contributed by atoms with Gasteiger partial charge in [-0.3, -0.25) is 0 Å². The Bertz CT molecular complexity index is 558. The van der Waals surface area contributed by atoms with Crippen LogP contribution < -0.4 is 0 Å². The zero-order chi connectivity index (χ0) is 24.1. The highest BCUT2D eigenvalue weighted by molar-refractivity contribution is 5.88. The molecular weight excluding hydrogens is 396 g/mol. The van der Waals surface area contributed by atoms with Gasteiger partial charge in [0.25, 0.3) is 0 Å². The highest BCUT2D eigenvalue weighted by atomic mass is 16.5. The van der Waals surface area contributed by atoms with E-state index >= 15 is 0 Å². The molecule has 0 aliphatic heterocycles. The first-order valence-electron chi connectivity index (χ1n) is 11.3. The largest absolute Gasteiger partial charge is 0.478 e. The Morgan fingerprint density at radius 1 is 0.935 bits per heavy atom. The minimum Gasteiger partial charge on any atom is -0.478 e. The van der Waals surface area contributed by atoms with Crippen molar-refractivity contribution >= 4 is 17.9 Å². The van der Waals surface area contributed by atoms with E-state index in [1.807, 2.05) is 0 Å². The highest BCUT2D eigenvalue weighted by Crippen LogP contribution is 2.29. The van der Waals surface area contributed by atoms with Crippen LogP contribution in [-0.2, 0) is 19.1 Å². The maximum absolute atomic E-state index is 11.6. The molecule has 1 aliphatic carbocycles. The molecule has 178 valence electrons. The van der Waals surface area contributed by atoms with Gasteiger partial charge in [0.1, 0.15) is 0 Å². The average Bonchev–Trinajstić information content (AvgIpc) is 2.77. The summed E-state index contributed by atoms with van der Waals surface area (Å²) in [5.41, 5.74) is 1.03. The van der Waals surface area contributed by atoms with E-state index in [9.17, 15) is 14.4 Å². The molecule has 0 radical (unpaired) electrons. The van der Waals surface area contributed by atoms with E-state index in [0.29, 0.717) is 30.1 Å². The second-order valence-corrected chi connectivity index (χ2v) is 7.61. The predicted molar refractivity (Wildman–Crippen MR) is 125 cm³/mol. The monoisotopic (exact) mass is 438 g/mol. The Morgan fingerprint density at radius 3 is 1.94 bits per heavy atom. The van der Waals surface area contributed by atoms with Crippen LogP contribution in [-0.4, -0.2) is 34.7 Å². The van der Waals surface area contributed by atoms with Crippen LogP contribution in [0.25, 0.3) is 0 Å². The van der Waals surface area contributed by atoms with Gasteiger partial charge < -0.3 is 14.9 Å². The Balaban J connectivity index is 0. The third-order valence-electron chi connectivity index (χ3n) is 4.90. The number of esters is 1. The maximum atomic E-state index is 11.6. The summed E-state index contributed by atoms with van der Waals surface area (Å²) in [6, 6.07) is 0. The van der Waals surface area contributed by atoms with E-state index in [1.165, 1.54) is 32.1 Å². The molecule has 2 N–H and O–H groups in total. The Hall–Kier alpha value is -2.37. The molecule has 0 bridgehead atoms. The topological polar surface area (TPSA) is 101 Å². The number of rotatable bonds is 12. The molecule has 1 rings (SSSR count). The van der Waals surface area contributed by atoms with Gasteiger partial charge in [-0.2, -0.15) is 0 Å². The van der Waals surface area contributed by atoms with Gasteiger partial charge >= 0.3 is 17.9 Å². The minimum absolute atomic E-state index is 0.171. The summed E-state index contributed by atoms with van der Waals surface area (Å²) in [4.78, 5) is 31.1. The summed E-state index contributed by atoms with van der Waals surface area (Å²) in [7, 11) is 0. The summed E-state index contributed by atoms with van der Waals surface area (Å²) in [6.07, 6.45) is 13.9. The zero-order valence-corrected chi connectivity index (χ0v) is 19.5. The Labute approximate surface area is 188 Å². The molecule has 6 nitrogen and oxygen atoms in total. The van der Waals surface area contributed by atoms with E-state index < -0.39 is 11.9 Å². The first-order valence-corrected chi connectivity index (χ1v) is 11.3. The van der Waals surface area contributed by atoms with Gasteiger partial charge in [-0.25, -0.2) is 14.4 Å². The van der Waals surface area contributed by atoms with E-state index in [1.54, 1.807) is 0 Å². The smallest absolute Gasteiger partial charge is 0.333 e. The Kier molecular flexibility index (Phi) is 20.8. The quantitative estimate of drug-likeness (QED) is 0.210. The lowest BCUT2D eigenvalue weighted by atomic mass is 9.84. The lowest BCUT2D eigenvalue weighted by Crippen LogP contribution is -2.17. The summed E-state index contributed by atoms with van der Waals surface area (Å²) in [6.45, 7) is 15.1. The van der Waals surface area contributed by atoms with E-state index in [4.69, 9.17) is 14.9 Å². The number of aliphatic carboxylic acids is 2. The van der Waals surface area contributed by atoms with E-state index in [-0.39, 0.29) is 5.97 Å². The molecule has 0 unspecified atom stereocenters. The van der Waals surface area contributed by atoms with E-state index in [2.05, 4.69) is 33.6 Å². The molecule has 0 atom stereocenters. The number of unbranched alkanes of at least 4 members (excludes halogenated alkanes) is 4. The molecule has 0 aromatic carbocycles. The van der Waals surface area contributed by atoms with Crippen molar-refractivity contribution in [1.29, 1.82) is 0 Å². The third-order valence-corrected chi connectivity index (χ3v) is 4.90. The first-order chi connectivity index (χ1) is 14.7. The summed E-state index contributed by atoms with van der Waals surface area (Å²) in [5.74, 6) is -1.63. The number of ether oxygens (including phenoxy) is 1. The van der Waals surface area contributed by atoms with Gasteiger partial charge in [-0.05, 0) is 38.0 Å². The number of carbonyl (C=O) groups is 3. The number of carboxylic acids is 2. The van der Waals surface area contributed by atoms with Crippen molar-refractivity contribution in [1.82, 2.24) is 0 Å². The lowest BCUT2D eigenvalue weighted by Gasteiger charge is -2.22. The van der Waals surface area contributed by atoms with Crippen molar-refractivity contribution in [2.45, 2.75) is 90.9 Å². The molecule has 1 fully saturated rings. The molecule has 0 heterocycles. The second kappa shape index (κ2) is 20.9. The van der Waals surface area contributed by atoms with Crippen molar-refractivity contribution < 1.29 is 29.3 Å². The standard InChI is InChI=1S/C13H22O2.C9H16O2.C3H4O2/c1-3-4-10-15-13(14)11(2)12-8-6-5-7-9-12;1-3-4-5-6-7-8(2)9(10)11;1-2-3(4)5/h12H,2-10H2,1H3;2-7H2,1H3,(H,10,11);2H,1H2,(H,4,5). The number of carboxylic acid groups (broad SMARTS) is 2. The normalized spacial score (nSPS) is 12.8. The fourth-order valence-corrected chi connectivity index (χ4v) is 2.89. The first kappa shape index (κ1) is 30.8. The van der Waals surface area contributed by atoms with Crippen LogP contribution in [0.2, 0.25) is 0 Å². The fraction of sp³-hybridized carbons (Fsp3) is 0.640. The predicted octanol–water partition coefficient (Wildman–Crippen LogP) is 6.32. The van der Waals surface area contributed by atoms with Gasteiger partial charge in [0.15, 0.2) is 0 Å². The van der Waals surface area contributed by atoms with Crippen LogP contribution in [0.5, 0.6) is 0 Å². The van der Waals surface area contributed by atoms with Crippen molar-refractivity contribution in [2.75, 3.05) is 6.61 Å². The maximum Gasteiger partial charge on any atom is 0.333 e. The van der Waals surface area contributed by atoms with Gasteiger partial charge in [0.2, 0.25) is 0 Å². The van der Waals surface area contributed by atoms with Gasteiger partial charge in [-0.15, -0.1) is 0 Å². The van der Waals surface area contributed by atoms with E-state index in [0.717, 1.165) is 44.6 Å². The van der Waals surface area contributed by atoms with Gasteiger partial charge in [0.05, 0.1) is 6.61 Å². The van der Waals surface area contributed by atoms with Crippen LogP contribution in [0.3, 0.4) is 0 Å². The fourth-order valence-electron chi connectivity index (χ4n) is 2.89. The van der Waals surface area contributed by atoms with Crippen LogP contribution in [0.4, 0.5) is 0 Å². The third kappa shape index (κ3) is 19.3. The number of carbonyl (C=O) groups excluding carboxylic acids is 1. The van der Waals surface area contributed by atoms with Gasteiger partial charge in [-0.1, -0.05) is 78.5 Å². The molecule has 0 saturated heterocycles. The average molecular weight is 439 g/mol. The molecule has 0 aromatic heterocycles. The minimum atomic E-state index is -0.981. The van der Waals surface area contributed by atoms with Crippen LogP contribution in [0.15, 0.2) is 37.0 Å². The highest BCUT2D eigenvalue weighted by Gasteiger charge is 2.22. The van der Waals surface area contributed by atoms with Crippen molar-refractivity contribution in [3.05, 3.63) is 37.0 Å². The number of hydrogen-bond acceptors (Lipinski definition) is 4. The SMILES string of the molecule is C=C(C(=O)OCCCC)C1CCCCC1.C=C(CCCCCC)C(=O)O.C=CC(=O)O. The summed E-state index contributed by atoms with van der Waals surface area (Å²) < 4.78 is 5.16. The molecule has 0 amide bonds. The number of hydrogen-bond donors (Lipinski definition) is 2. The lowest BCUT2D eigenvalue weighted by molar-refractivity contribution is -0.140. The van der Waals surface area contributed by atoms with Gasteiger partial charge in [0, 0.05) is 17.2 Å². The summed E-state index contributed by atoms with van der Waals surface area (Å²) in [5, 5.41) is 16.0. The van der Waals surface area contributed by atoms with Crippen LogP contribution >= 0.6 is 0 Å². The second-order valence-electron chi connectivity index (χ2n) is 7.61. The molecule has 0 aromatic rings. The summed E-state index contributed by atoms with van der Waals surface area (Å²) >= 11 is 0. The zero-order valence-electron chi connectivity index (χ0n) is 19.5. The molecule has 1 aliphatic rings. The van der Waals surface area contributed by atoms with Crippen LogP contribution in [0.1, 0.15) is 90.9 Å². The molecular formula is C25H42O6. The molecule has 0 spiro atoms. The van der Waals surface area contributed by atoms with Crippen molar-refractivity contribution in [3.8, 4) is 0 Å². The molecule has 6 heteroatoms. The Morgan fingerprint density at radius 2 is 1.48 bits per heavy atom. The van der Waals surface area contributed by atoms with Crippen molar-refractivity contribution in [3.63, 3.8) is 0 Å². The molecule has 31 heavy (non-hydrogen) atoms. The van der Waals surface area contributed by atoms with Crippen molar-refractivity contribution in [2.24, 2.45) is 5.92 Å².